The molecule has 0 unspecified atom stereocenters. The van der Waals surface area contributed by atoms with Crippen molar-refractivity contribution in [2.45, 2.75) is 0 Å². The number of aromatic nitrogens is 4. The molecule has 0 saturated carbocycles. The molecule has 5 heteroatoms. The van der Waals surface area contributed by atoms with E-state index in [-0.39, 0.29) is 5.78 Å². The standard InChI is InChI=1S/C22H17N4O/c27-20(17-8-3-1-4-9-17)13-15-26-14-7-12-19(16-26)22-23-21(24-25-22)18-10-5-2-6-11-18/h1-16H,(H,23,24,25)/q+1. The molecule has 1 N–H and O–H groups in total. The SMILES string of the molecule is O=C(C=C[n+]1cccc(-c2n[nH]c(-c3ccccc3)n2)c1)c1ccccc1. The number of hydrogen-bond donors (Lipinski definition) is 1. The van der Waals surface area contributed by atoms with Gasteiger partial charge in [0.2, 0.25) is 0 Å². The summed E-state index contributed by atoms with van der Waals surface area (Å²) in [6.07, 6.45) is 7.02. The largest absolute Gasteiger partial charge is 0.289 e. The lowest BCUT2D eigenvalue weighted by Crippen LogP contribution is -2.25. The van der Waals surface area contributed by atoms with Crippen molar-refractivity contribution in [3.8, 4) is 22.8 Å². The van der Waals surface area contributed by atoms with Gasteiger partial charge in [-0.1, -0.05) is 60.7 Å². The third-order valence-corrected chi connectivity index (χ3v) is 4.07. The van der Waals surface area contributed by atoms with Crippen molar-refractivity contribution in [3.63, 3.8) is 0 Å². The van der Waals surface area contributed by atoms with E-state index in [1.165, 1.54) is 0 Å². The molecule has 0 aliphatic rings. The summed E-state index contributed by atoms with van der Waals surface area (Å²) in [7, 11) is 0. The molecule has 2 heterocycles. The number of benzene rings is 2. The second-order valence-electron chi connectivity index (χ2n) is 5.96. The van der Waals surface area contributed by atoms with Crippen LogP contribution in [-0.2, 0) is 0 Å². The van der Waals surface area contributed by atoms with Crippen molar-refractivity contribution in [2.24, 2.45) is 0 Å². The first-order valence-electron chi connectivity index (χ1n) is 8.56. The summed E-state index contributed by atoms with van der Waals surface area (Å²) in [6, 6.07) is 22.9. The molecule has 27 heavy (non-hydrogen) atoms. The summed E-state index contributed by atoms with van der Waals surface area (Å²) in [6.45, 7) is 0. The highest BCUT2D eigenvalue weighted by Gasteiger charge is 2.11. The number of carbonyl (C=O) groups is 1. The lowest BCUT2D eigenvalue weighted by Gasteiger charge is -1.95. The van der Waals surface area contributed by atoms with Crippen molar-refractivity contribution in [1.82, 2.24) is 15.2 Å². The van der Waals surface area contributed by atoms with Crippen LogP contribution in [0.15, 0.2) is 91.3 Å². The summed E-state index contributed by atoms with van der Waals surface area (Å²) in [5.74, 6) is 1.28. The Morgan fingerprint density at radius 2 is 1.59 bits per heavy atom. The number of nitrogens with one attached hydrogen (secondary N) is 1. The van der Waals surface area contributed by atoms with E-state index >= 15 is 0 Å². The van der Waals surface area contributed by atoms with E-state index < -0.39 is 0 Å². The fourth-order valence-corrected chi connectivity index (χ4v) is 2.69. The fourth-order valence-electron chi connectivity index (χ4n) is 2.69. The molecule has 0 spiro atoms. The van der Waals surface area contributed by atoms with Crippen LogP contribution in [0.4, 0.5) is 0 Å². The van der Waals surface area contributed by atoms with Crippen LogP contribution in [0.3, 0.4) is 0 Å². The number of aromatic amines is 1. The van der Waals surface area contributed by atoms with Crippen LogP contribution in [0.2, 0.25) is 0 Å². The molecule has 0 aliphatic heterocycles. The maximum Gasteiger partial charge on any atom is 0.191 e. The number of nitrogens with zero attached hydrogens (tertiary/aromatic N) is 3. The number of carbonyl (C=O) groups excluding carboxylic acids is 1. The maximum atomic E-state index is 12.2. The molecule has 2 aromatic heterocycles. The van der Waals surface area contributed by atoms with Crippen LogP contribution in [-0.4, -0.2) is 21.0 Å². The van der Waals surface area contributed by atoms with E-state index in [2.05, 4.69) is 15.2 Å². The molecule has 0 atom stereocenters. The highest BCUT2D eigenvalue weighted by molar-refractivity contribution is 6.05. The van der Waals surface area contributed by atoms with E-state index in [9.17, 15) is 4.79 Å². The smallest absolute Gasteiger partial charge is 0.191 e. The van der Waals surface area contributed by atoms with Crippen LogP contribution in [0, 0.1) is 0 Å². The molecule has 0 radical (unpaired) electrons. The molecule has 0 amide bonds. The summed E-state index contributed by atoms with van der Waals surface area (Å²) in [5.41, 5.74) is 2.49. The normalized spacial score (nSPS) is 11.0. The lowest BCUT2D eigenvalue weighted by atomic mass is 10.1. The van der Waals surface area contributed by atoms with Gasteiger partial charge in [-0.15, -0.1) is 0 Å². The Kier molecular flexibility index (Phi) is 4.66. The van der Waals surface area contributed by atoms with Gasteiger partial charge in [-0.25, -0.2) is 4.98 Å². The van der Waals surface area contributed by atoms with E-state index in [1.54, 1.807) is 24.4 Å². The van der Waals surface area contributed by atoms with Crippen molar-refractivity contribution in [2.75, 3.05) is 0 Å². The van der Waals surface area contributed by atoms with Gasteiger partial charge >= 0.3 is 0 Å². The number of hydrogen-bond acceptors (Lipinski definition) is 3. The Hall–Kier alpha value is -3.86. The minimum atomic E-state index is -0.0437. The van der Waals surface area contributed by atoms with Crippen molar-refractivity contribution in [1.29, 1.82) is 0 Å². The monoisotopic (exact) mass is 353 g/mol. The van der Waals surface area contributed by atoms with Gasteiger partial charge in [0, 0.05) is 17.2 Å². The fraction of sp³-hybridized carbons (Fsp3) is 0. The predicted molar refractivity (Wildman–Crippen MR) is 104 cm³/mol. The minimum absolute atomic E-state index is 0.0437. The van der Waals surface area contributed by atoms with Gasteiger partial charge < -0.3 is 0 Å². The average Bonchev–Trinajstić information content (AvgIpc) is 3.24. The molecule has 0 saturated heterocycles. The quantitative estimate of drug-likeness (QED) is 0.337. The first kappa shape index (κ1) is 16.6. The first-order valence-corrected chi connectivity index (χ1v) is 8.56. The van der Waals surface area contributed by atoms with E-state index in [0.29, 0.717) is 11.4 Å². The van der Waals surface area contributed by atoms with Gasteiger partial charge in [0.25, 0.3) is 0 Å². The maximum absolute atomic E-state index is 12.2. The van der Waals surface area contributed by atoms with Crippen molar-refractivity contribution in [3.05, 3.63) is 96.8 Å². The third kappa shape index (κ3) is 3.88. The number of allylic oxidation sites excluding steroid dienone is 1. The molecule has 4 aromatic rings. The molecular formula is C22H17N4O+. The van der Waals surface area contributed by atoms with Gasteiger partial charge in [0.05, 0.1) is 11.6 Å². The van der Waals surface area contributed by atoms with Gasteiger partial charge in [-0.3, -0.25) is 9.89 Å². The van der Waals surface area contributed by atoms with Gasteiger partial charge in [0.15, 0.2) is 36.0 Å². The van der Waals surface area contributed by atoms with Crippen LogP contribution >= 0.6 is 0 Å². The van der Waals surface area contributed by atoms with E-state index in [1.807, 2.05) is 77.6 Å². The molecule has 130 valence electrons. The topological polar surface area (TPSA) is 62.5 Å². The minimum Gasteiger partial charge on any atom is -0.289 e. The zero-order chi connectivity index (χ0) is 18.5. The predicted octanol–water partition coefficient (Wildman–Crippen LogP) is 3.78. The number of ketones is 1. The zero-order valence-corrected chi connectivity index (χ0v) is 14.5. The molecule has 0 fully saturated rings. The van der Waals surface area contributed by atoms with Gasteiger partial charge in [0.1, 0.15) is 0 Å². The summed E-state index contributed by atoms with van der Waals surface area (Å²) >= 11 is 0. The first-order chi connectivity index (χ1) is 13.3. The summed E-state index contributed by atoms with van der Waals surface area (Å²) < 4.78 is 1.81. The Balaban J connectivity index is 1.56. The Morgan fingerprint density at radius 3 is 2.37 bits per heavy atom. The molecular weight excluding hydrogens is 336 g/mol. The molecule has 4 rings (SSSR count). The number of pyridine rings is 1. The Bertz CT molecular complexity index is 1090. The number of H-pyrrole nitrogens is 1. The van der Waals surface area contributed by atoms with E-state index in [0.717, 1.165) is 17.0 Å². The number of rotatable bonds is 5. The van der Waals surface area contributed by atoms with Gasteiger partial charge in [-0.2, -0.15) is 9.67 Å². The highest BCUT2D eigenvalue weighted by atomic mass is 16.1. The van der Waals surface area contributed by atoms with Crippen LogP contribution < -0.4 is 4.57 Å². The van der Waals surface area contributed by atoms with Gasteiger partial charge in [-0.05, 0) is 6.07 Å². The summed E-state index contributed by atoms with van der Waals surface area (Å²) in [4.78, 5) is 16.8. The van der Waals surface area contributed by atoms with Crippen LogP contribution in [0.25, 0.3) is 29.0 Å². The Labute approximate surface area is 156 Å². The van der Waals surface area contributed by atoms with Crippen molar-refractivity contribution < 1.29 is 9.36 Å². The van der Waals surface area contributed by atoms with Crippen molar-refractivity contribution >= 4 is 12.0 Å². The van der Waals surface area contributed by atoms with Crippen LogP contribution in [0.5, 0.6) is 0 Å². The summed E-state index contributed by atoms with van der Waals surface area (Å²) in [5, 5.41) is 7.28. The molecule has 0 bridgehead atoms. The Morgan fingerprint density at radius 1 is 0.889 bits per heavy atom. The van der Waals surface area contributed by atoms with E-state index in [4.69, 9.17) is 0 Å². The second kappa shape index (κ2) is 7.58. The second-order valence-corrected chi connectivity index (χ2v) is 5.96. The molecule has 0 aliphatic carbocycles. The highest BCUT2D eigenvalue weighted by Crippen LogP contribution is 2.18. The van der Waals surface area contributed by atoms with Crippen LogP contribution in [0.1, 0.15) is 10.4 Å². The molecule has 5 nitrogen and oxygen atoms in total. The molecule has 2 aromatic carbocycles. The zero-order valence-electron chi connectivity index (χ0n) is 14.5. The lowest BCUT2D eigenvalue weighted by molar-refractivity contribution is -0.567. The third-order valence-electron chi connectivity index (χ3n) is 4.07. The average molecular weight is 353 g/mol.